The van der Waals surface area contributed by atoms with Gasteiger partial charge in [-0.2, -0.15) is 9.61 Å². The van der Waals surface area contributed by atoms with Gasteiger partial charge in [0, 0.05) is 31.0 Å². The average Bonchev–Trinajstić information content (AvgIpc) is 3.80. The number of nitrogen functional groups attached to an aromatic ring is 1. The minimum Gasteiger partial charge on any atom is -0.497 e. The van der Waals surface area contributed by atoms with Crippen LogP contribution < -0.4 is 15.2 Å². The van der Waals surface area contributed by atoms with E-state index < -0.39 is 38.5 Å². The first-order valence-corrected chi connectivity index (χ1v) is 19.8. The van der Waals surface area contributed by atoms with Crippen molar-refractivity contribution in [3.8, 4) is 11.5 Å². The molecule has 14 nitrogen and oxygen atoms in total. The Balaban J connectivity index is 1.48. The van der Waals surface area contributed by atoms with Gasteiger partial charge in [-0.15, -0.1) is 0 Å². The summed E-state index contributed by atoms with van der Waals surface area (Å²) in [6.45, 7) is 10.5. The molecule has 3 heterocycles. The molecule has 2 N–H and O–H groups in total. The molecule has 0 aliphatic carbocycles. The summed E-state index contributed by atoms with van der Waals surface area (Å²) >= 11 is 0. The van der Waals surface area contributed by atoms with Crippen molar-refractivity contribution >= 4 is 26.3 Å². The highest BCUT2D eigenvalue weighted by Gasteiger charge is 2.52. The van der Waals surface area contributed by atoms with Crippen molar-refractivity contribution in [2.75, 3.05) is 33.7 Å². The minimum atomic E-state index is -1.76. The fourth-order valence-electron chi connectivity index (χ4n) is 7.17. The summed E-state index contributed by atoms with van der Waals surface area (Å²) in [7, 11) is 3.18. The van der Waals surface area contributed by atoms with Gasteiger partial charge in [0.25, 0.3) is 0 Å². The van der Waals surface area contributed by atoms with E-state index in [1.165, 1.54) is 10.8 Å². The van der Waals surface area contributed by atoms with Gasteiger partial charge in [0.2, 0.25) is 5.95 Å². The molecule has 5 unspecified atom stereocenters. The third kappa shape index (κ3) is 8.36. The lowest BCUT2D eigenvalue weighted by Gasteiger charge is -2.38. The van der Waals surface area contributed by atoms with Crippen LogP contribution in [0.2, 0.25) is 0 Å². The summed E-state index contributed by atoms with van der Waals surface area (Å²) in [5.41, 5.74) is 8.90. The molecule has 1 saturated heterocycles. The van der Waals surface area contributed by atoms with E-state index in [-0.39, 0.29) is 24.6 Å². The number of nitrogens with two attached hydrogens (primary N) is 1. The van der Waals surface area contributed by atoms with E-state index in [1.54, 1.807) is 33.7 Å². The first kappa shape index (κ1) is 41.0. The Bertz CT molecular complexity index is 1960. The summed E-state index contributed by atoms with van der Waals surface area (Å²) in [6, 6.07) is 26.1. The van der Waals surface area contributed by atoms with Crippen LogP contribution in [0.5, 0.6) is 11.5 Å². The summed E-state index contributed by atoms with van der Waals surface area (Å²) in [5, 5.41) is 8.80. The van der Waals surface area contributed by atoms with Gasteiger partial charge in [0.15, 0.2) is 5.65 Å². The van der Waals surface area contributed by atoms with Crippen molar-refractivity contribution in [3.05, 3.63) is 114 Å². The average molecular weight is 786 g/mol. The van der Waals surface area contributed by atoms with Crippen LogP contribution in [-0.4, -0.2) is 88.8 Å². The SMILES string of the molecule is CC/C=N/OP(OC1C(COC(c2ccccc2)(c2ccc(OC)cc2)c2ccc(OC)cc2)OC(c2cnn3c(N)ncnc23)C1OC)N(C(C)C)C(C)C. The molecule has 5 aromatic rings. The highest BCUT2D eigenvalue weighted by atomic mass is 31.2. The zero-order valence-electron chi connectivity index (χ0n) is 33.2. The zero-order chi connectivity index (χ0) is 39.8. The first-order chi connectivity index (χ1) is 27.2. The molecule has 5 atom stereocenters. The number of methoxy groups -OCH3 is 3. The highest BCUT2D eigenvalue weighted by Crippen LogP contribution is 2.52. The Morgan fingerprint density at radius 2 is 1.48 bits per heavy atom. The lowest BCUT2D eigenvalue weighted by Crippen LogP contribution is -2.42. The molecule has 0 bridgehead atoms. The van der Waals surface area contributed by atoms with E-state index in [4.69, 9.17) is 38.6 Å². The van der Waals surface area contributed by atoms with Crippen molar-refractivity contribution in [2.45, 2.75) is 83.1 Å². The van der Waals surface area contributed by atoms with Gasteiger partial charge in [0.1, 0.15) is 47.8 Å². The quantitative estimate of drug-likeness (QED) is 0.0410. The van der Waals surface area contributed by atoms with Gasteiger partial charge in [0.05, 0.1) is 27.0 Å². The lowest BCUT2D eigenvalue weighted by molar-refractivity contribution is -0.0805. The maximum atomic E-state index is 7.36. The number of anilines is 1. The van der Waals surface area contributed by atoms with E-state index in [1.807, 2.05) is 73.7 Å². The predicted molar refractivity (Wildman–Crippen MR) is 216 cm³/mol. The van der Waals surface area contributed by atoms with Crippen LogP contribution in [0.3, 0.4) is 0 Å². The molecule has 56 heavy (non-hydrogen) atoms. The van der Waals surface area contributed by atoms with Gasteiger partial charge in [-0.05, 0) is 75.1 Å². The first-order valence-electron chi connectivity index (χ1n) is 18.7. The molecule has 0 saturated carbocycles. The monoisotopic (exact) mass is 785 g/mol. The number of oxime groups is 1. The van der Waals surface area contributed by atoms with Gasteiger partial charge in [-0.1, -0.05) is 66.7 Å². The number of hydrogen-bond donors (Lipinski definition) is 1. The van der Waals surface area contributed by atoms with Gasteiger partial charge in [-0.25, -0.2) is 14.6 Å². The van der Waals surface area contributed by atoms with Crippen molar-refractivity contribution in [1.29, 1.82) is 0 Å². The van der Waals surface area contributed by atoms with E-state index >= 15 is 0 Å². The number of nitrogens with zero attached hydrogens (tertiary/aromatic N) is 6. The zero-order valence-corrected chi connectivity index (χ0v) is 34.1. The summed E-state index contributed by atoms with van der Waals surface area (Å²) in [5.74, 6) is 1.64. The Labute approximate surface area is 329 Å². The maximum absolute atomic E-state index is 7.36. The van der Waals surface area contributed by atoms with Crippen LogP contribution in [0.4, 0.5) is 5.95 Å². The molecule has 1 aliphatic heterocycles. The summed E-state index contributed by atoms with van der Waals surface area (Å²) in [4.78, 5) is 8.63. The number of benzene rings is 3. The van der Waals surface area contributed by atoms with Crippen molar-refractivity contribution in [3.63, 3.8) is 0 Å². The molecule has 3 aromatic carbocycles. The Morgan fingerprint density at radius 1 is 0.875 bits per heavy atom. The van der Waals surface area contributed by atoms with Gasteiger partial charge < -0.3 is 38.6 Å². The van der Waals surface area contributed by atoms with E-state index in [9.17, 15) is 0 Å². The predicted octanol–water partition coefficient (Wildman–Crippen LogP) is 7.33. The van der Waals surface area contributed by atoms with Crippen LogP contribution in [0.15, 0.2) is 96.5 Å². The second-order valence-corrected chi connectivity index (χ2v) is 15.1. The van der Waals surface area contributed by atoms with Crippen molar-refractivity contribution in [1.82, 2.24) is 24.3 Å². The van der Waals surface area contributed by atoms with Crippen molar-refractivity contribution < 1.29 is 32.8 Å². The number of rotatable bonds is 18. The molecular formula is C41H52N7O7P. The van der Waals surface area contributed by atoms with E-state index in [0.29, 0.717) is 17.6 Å². The fourth-order valence-corrected chi connectivity index (χ4v) is 8.77. The molecule has 0 radical (unpaired) electrons. The molecule has 0 spiro atoms. The molecule has 298 valence electrons. The van der Waals surface area contributed by atoms with Crippen LogP contribution in [0, 0.1) is 0 Å². The summed E-state index contributed by atoms with van der Waals surface area (Å²) < 4.78 is 48.7. The van der Waals surface area contributed by atoms with E-state index in [2.05, 4.69) is 64.7 Å². The van der Waals surface area contributed by atoms with Crippen LogP contribution in [-0.2, 0) is 29.0 Å². The van der Waals surface area contributed by atoms with Crippen molar-refractivity contribution in [2.24, 2.45) is 5.16 Å². The lowest BCUT2D eigenvalue weighted by atomic mass is 9.80. The molecule has 1 fully saturated rings. The minimum absolute atomic E-state index is 0.0646. The molecule has 0 amide bonds. The second kappa shape index (κ2) is 18.5. The standard InChI is InChI=1S/C41H52N7O7P/c1-9-23-46-55-56(48(27(2)3)28(4)5)54-37-35(53-36(38(37)51-8)34-24-45-47-39(34)43-26-44-40(47)42)25-52-41(29-13-11-10-12-14-29,30-15-19-32(49-6)20-16-30)31-17-21-33(50-7)22-18-31/h10-24,26-28,35-38H,9,25H2,1-8H3,(H2,42,43,44)/b46-23+. The molecule has 2 aromatic heterocycles. The number of ether oxygens (including phenoxy) is 5. The third-order valence-electron chi connectivity index (χ3n) is 9.72. The number of fused-ring (bicyclic) bond motifs is 1. The fraction of sp³-hybridized carbons (Fsp3) is 0.415. The maximum Gasteiger partial charge on any atom is 0.347 e. The molecule has 1 aliphatic rings. The Kier molecular flexibility index (Phi) is 13.5. The van der Waals surface area contributed by atoms with E-state index in [0.717, 1.165) is 28.2 Å². The van der Waals surface area contributed by atoms with Gasteiger partial charge in [-0.3, -0.25) is 0 Å². The number of aromatic nitrogens is 4. The topological polar surface area (TPSA) is 149 Å². The van der Waals surface area contributed by atoms with Crippen LogP contribution in [0.25, 0.3) is 5.65 Å². The normalized spacial score (nSPS) is 19.4. The largest absolute Gasteiger partial charge is 0.497 e. The van der Waals surface area contributed by atoms with Gasteiger partial charge >= 0.3 is 8.53 Å². The number of hydrogen-bond acceptors (Lipinski definition) is 13. The van der Waals surface area contributed by atoms with Crippen LogP contribution >= 0.6 is 8.53 Å². The van der Waals surface area contributed by atoms with Crippen LogP contribution in [0.1, 0.15) is 69.4 Å². The Morgan fingerprint density at radius 3 is 2.04 bits per heavy atom. The molecule has 6 rings (SSSR count). The third-order valence-corrected chi connectivity index (χ3v) is 11.7. The highest BCUT2D eigenvalue weighted by molar-refractivity contribution is 7.44. The molecular weight excluding hydrogens is 733 g/mol. The smallest absolute Gasteiger partial charge is 0.347 e. The molecule has 15 heteroatoms. The second-order valence-electron chi connectivity index (χ2n) is 13.8. The Hall–Kier alpha value is -4.69. The summed E-state index contributed by atoms with van der Waals surface area (Å²) in [6.07, 6.45) is 2.79.